The van der Waals surface area contributed by atoms with Crippen LogP contribution in [0.4, 0.5) is 0 Å². The average Bonchev–Trinajstić information content (AvgIpc) is 2.77. The summed E-state index contributed by atoms with van der Waals surface area (Å²) in [6, 6.07) is 22.9. The highest BCUT2D eigenvalue weighted by Crippen LogP contribution is 2.32. The number of nitrogens with two attached hydrogens (primary N) is 1. The average molecular weight is 411 g/mol. The molecule has 0 spiro atoms. The first-order valence-electron chi connectivity index (χ1n) is 11.6. The SMILES string of the molecule is C[C@@H](NC1CCCCC1)c1cc(-c2ccc(C#CC(C)(C)N)cc2)cc2ccccc12. The zero-order valence-electron chi connectivity index (χ0n) is 19.0. The van der Waals surface area contributed by atoms with Gasteiger partial charge < -0.3 is 11.1 Å². The highest BCUT2D eigenvalue weighted by Gasteiger charge is 2.18. The maximum atomic E-state index is 5.99. The zero-order chi connectivity index (χ0) is 21.8. The molecule has 0 aromatic heterocycles. The topological polar surface area (TPSA) is 38.0 Å². The van der Waals surface area contributed by atoms with Gasteiger partial charge in [-0.05, 0) is 85.3 Å². The molecule has 3 N–H and O–H groups in total. The summed E-state index contributed by atoms with van der Waals surface area (Å²) in [6.07, 6.45) is 6.67. The molecule has 2 heteroatoms. The molecule has 0 bridgehead atoms. The molecule has 1 aliphatic rings. The minimum atomic E-state index is -0.479. The summed E-state index contributed by atoms with van der Waals surface area (Å²) in [5, 5.41) is 6.55. The molecule has 1 aliphatic carbocycles. The van der Waals surface area contributed by atoms with Crippen molar-refractivity contribution in [1.29, 1.82) is 0 Å². The summed E-state index contributed by atoms with van der Waals surface area (Å²) >= 11 is 0. The molecule has 1 atom stereocenters. The highest BCUT2D eigenvalue weighted by atomic mass is 14.9. The molecule has 0 radical (unpaired) electrons. The van der Waals surface area contributed by atoms with Crippen LogP contribution in [0.3, 0.4) is 0 Å². The second-order valence-electron chi connectivity index (χ2n) is 9.56. The Hall–Kier alpha value is -2.60. The van der Waals surface area contributed by atoms with Gasteiger partial charge in [-0.15, -0.1) is 0 Å². The first-order chi connectivity index (χ1) is 14.9. The Morgan fingerprint density at radius 1 is 0.935 bits per heavy atom. The monoisotopic (exact) mass is 410 g/mol. The van der Waals surface area contributed by atoms with E-state index in [1.807, 2.05) is 13.8 Å². The van der Waals surface area contributed by atoms with Crippen molar-refractivity contribution in [2.24, 2.45) is 5.73 Å². The molecule has 1 fully saturated rings. The summed E-state index contributed by atoms with van der Waals surface area (Å²) in [6.45, 7) is 6.16. The largest absolute Gasteiger partial charge is 0.316 e. The Morgan fingerprint density at radius 2 is 1.65 bits per heavy atom. The Bertz CT molecular complexity index is 1090. The third kappa shape index (κ3) is 5.56. The van der Waals surface area contributed by atoms with Gasteiger partial charge >= 0.3 is 0 Å². The van der Waals surface area contributed by atoms with Gasteiger partial charge in [-0.3, -0.25) is 0 Å². The molecule has 0 heterocycles. The summed E-state index contributed by atoms with van der Waals surface area (Å²) in [5.74, 6) is 6.29. The molecular weight excluding hydrogens is 376 g/mol. The van der Waals surface area contributed by atoms with Gasteiger partial charge in [0.1, 0.15) is 0 Å². The number of nitrogens with one attached hydrogen (secondary N) is 1. The number of rotatable bonds is 4. The van der Waals surface area contributed by atoms with Crippen molar-refractivity contribution < 1.29 is 0 Å². The second kappa shape index (κ2) is 9.27. The van der Waals surface area contributed by atoms with Crippen molar-refractivity contribution in [3.05, 3.63) is 71.8 Å². The van der Waals surface area contributed by atoms with Crippen molar-refractivity contribution in [2.45, 2.75) is 70.5 Å². The van der Waals surface area contributed by atoms with E-state index in [0.29, 0.717) is 12.1 Å². The zero-order valence-corrected chi connectivity index (χ0v) is 19.0. The Labute approximate surface area is 187 Å². The van der Waals surface area contributed by atoms with Crippen LogP contribution in [-0.2, 0) is 0 Å². The van der Waals surface area contributed by atoms with Crippen LogP contribution in [0, 0.1) is 11.8 Å². The van der Waals surface area contributed by atoms with Crippen molar-refractivity contribution in [3.8, 4) is 23.0 Å². The number of fused-ring (bicyclic) bond motifs is 1. The molecule has 0 amide bonds. The molecular formula is C29H34N2. The van der Waals surface area contributed by atoms with Crippen LogP contribution in [0.5, 0.6) is 0 Å². The van der Waals surface area contributed by atoms with Crippen LogP contribution < -0.4 is 11.1 Å². The molecule has 0 saturated heterocycles. The van der Waals surface area contributed by atoms with E-state index >= 15 is 0 Å². The van der Waals surface area contributed by atoms with Crippen LogP contribution in [-0.4, -0.2) is 11.6 Å². The lowest BCUT2D eigenvalue weighted by Crippen LogP contribution is -2.33. The second-order valence-corrected chi connectivity index (χ2v) is 9.56. The summed E-state index contributed by atoms with van der Waals surface area (Å²) in [4.78, 5) is 0. The predicted molar refractivity (Wildman–Crippen MR) is 133 cm³/mol. The van der Waals surface area contributed by atoms with Crippen molar-refractivity contribution in [1.82, 2.24) is 5.32 Å². The first kappa shape index (κ1) is 21.6. The van der Waals surface area contributed by atoms with Crippen LogP contribution in [0.2, 0.25) is 0 Å². The maximum absolute atomic E-state index is 5.99. The predicted octanol–water partition coefficient (Wildman–Crippen LogP) is 6.58. The summed E-state index contributed by atoms with van der Waals surface area (Å²) in [5.41, 5.74) is 10.4. The number of hydrogen-bond donors (Lipinski definition) is 2. The van der Waals surface area contributed by atoms with E-state index in [9.17, 15) is 0 Å². The van der Waals surface area contributed by atoms with Gasteiger partial charge in [-0.2, -0.15) is 0 Å². The van der Waals surface area contributed by atoms with Crippen molar-refractivity contribution in [3.63, 3.8) is 0 Å². The summed E-state index contributed by atoms with van der Waals surface area (Å²) < 4.78 is 0. The molecule has 0 unspecified atom stereocenters. The lowest BCUT2D eigenvalue weighted by atomic mass is 9.91. The van der Waals surface area contributed by atoms with Gasteiger partial charge in [-0.25, -0.2) is 0 Å². The molecule has 1 saturated carbocycles. The van der Waals surface area contributed by atoms with E-state index in [2.05, 4.69) is 84.7 Å². The van der Waals surface area contributed by atoms with Gasteiger partial charge in [0.2, 0.25) is 0 Å². The molecule has 4 rings (SSSR count). The highest BCUT2D eigenvalue weighted by molar-refractivity contribution is 5.90. The van der Waals surface area contributed by atoms with E-state index in [0.717, 1.165) is 5.56 Å². The van der Waals surface area contributed by atoms with Crippen LogP contribution >= 0.6 is 0 Å². The fraction of sp³-hybridized carbons (Fsp3) is 0.379. The van der Waals surface area contributed by atoms with Gasteiger partial charge in [-0.1, -0.05) is 67.5 Å². The standard InChI is InChI=1S/C29H34N2/c1-21(31-26-10-5-4-6-11-26)28-20-25(19-24-9-7-8-12-27(24)28)23-15-13-22(14-16-23)17-18-29(2,3)30/h7-9,12-16,19-21,26,31H,4-6,10-11,30H2,1-3H3/t21-/m1/s1. The third-order valence-corrected chi connectivity index (χ3v) is 6.20. The third-order valence-electron chi connectivity index (χ3n) is 6.20. The number of benzene rings is 3. The van der Waals surface area contributed by atoms with Crippen LogP contribution in [0.25, 0.3) is 21.9 Å². The smallest absolute Gasteiger partial charge is 0.0722 e. The van der Waals surface area contributed by atoms with Gasteiger partial charge in [0, 0.05) is 17.6 Å². The normalized spacial score (nSPS) is 16.0. The van der Waals surface area contributed by atoms with E-state index in [-0.39, 0.29) is 0 Å². The van der Waals surface area contributed by atoms with Crippen molar-refractivity contribution >= 4 is 10.8 Å². The molecule has 2 nitrogen and oxygen atoms in total. The lowest BCUT2D eigenvalue weighted by molar-refractivity contribution is 0.347. The summed E-state index contributed by atoms with van der Waals surface area (Å²) in [7, 11) is 0. The Morgan fingerprint density at radius 3 is 2.35 bits per heavy atom. The molecule has 3 aromatic carbocycles. The van der Waals surface area contributed by atoms with Crippen LogP contribution in [0.1, 0.15) is 70.0 Å². The maximum Gasteiger partial charge on any atom is 0.0722 e. The van der Waals surface area contributed by atoms with Gasteiger partial charge in [0.15, 0.2) is 0 Å². The Balaban J connectivity index is 1.66. The molecule has 160 valence electrons. The van der Waals surface area contributed by atoms with Crippen molar-refractivity contribution in [2.75, 3.05) is 0 Å². The number of hydrogen-bond acceptors (Lipinski definition) is 2. The molecule has 0 aliphatic heterocycles. The fourth-order valence-corrected chi connectivity index (χ4v) is 4.56. The quantitative estimate of drug-likeness (QED) is 0.477. The minimum absolute atomic E-state index is 0.324. The van der Waals surface area contributed by atoms with E-state index in [1.165, 1.54) is 59.6 Å². The Kier molecular flexibility index (Phi) is 6.46. The van der Waals surface area contributed by atoms with Gasteiger partial charge in [0.25, 0.3) is 0 Å². The lowest BCUT2D eigenvalue weighted by Gasteiger charge is -2.28. The molecule has 31 heavy (non-hydrogen) atoms. The molecule has 3 aromatic rings. The first-order valence-corrected chi connectivity index (χ1v) is 11.6. The minimum Gasteiger partial charge on any atom is -0.316 e. The van der Waals surface area contributed by atoms with E-state index < -0.39 is 5.54 Å². The van der Waals surface area contributed by atoms with E-state index in [1.54, 1.807) is 0 Å². The van der Waals surface area contributed by atoms with Gasteiger partial charge in [0.05, 0.1) is 5.54 Å². The van der Waals surface area contributed by atoms with Crippen LogP contribution in [0.15, 0.2) is 60.7 Å². The fourth-order valence-electron chi connectivity index (χ4n) is 4.56. The van der Waals surface area contributed by atoms with E-state index in [4.69, 9.17) is 5.73 Å².